The van der Waals surface area contributed by atoms with Crippen LogP contribution in [0, 0.1) is 5.41 Å². The lowest BCUT2D eigenvalue weighted by Gasteiger charge is -2.18. The van der Waals surface area contributed by atoms with E-state index in [0.29, 0.717) is 17.9 Å². The Morgan fingerprint density at radius 1 is 1.27 bits per heavy atom. The molecule has 0 unspecified atom stereocenters. The van der Waals surface area contributed by atoms with E-state index in [9.17, 15) is 4.79 Å². The zero-order chi connectivity index (χ0) is 11.3. The fourth-order valence-electron chi connectivity index (χ4n) is 2.15. The van der Waals surface area contributed by atoms with Gasteiger partial charge in [-0.2, -0.15) is 0 Å². The fraction of sp³-hybridized carbons (Fsp3) is 0.923. The monoisotopic (exact) mass is 211 g/mol. The average molecular weight is 211 g/mol. The molecule has 1 aliphatic rings. The van der Waals surface area contributed by atoms with Crippen molar-refractivity contribution in [2.45, 2.75) is 71.8 Å². The van der Waals surface area contributed by atoms with Crippen LogP contribution in [0.15, 0.2) is 0 Å². The molecule has 15 heavy (non-hydrogen) atoms. The number of nitrogens with one attached hydrogen (secondary N) is 1. The third kappa shape index (κ3) is 5.81. The summed E-state index contributed by atoms with van der Waals surface area (Å²) in [5, 5.41) is 3.13. The predicted molar refractivity (Wildman–Crippen MR) is 63.7 cm³/mol. The Morgan fingerprint density at radius 2 is 1.87 bits per heavy atom. The molecule has 1 aliphatic carbocycles. The van der Waals surface area contributed by atoms with Crippen LogP contribution in [0.25, 0.3) is 0 Å². The van der Waals surface area contributed by atoms with E-state index in [1.54, 1.807) is 0 Å². The summed E-state index contributed by atoms with van der Waals surface area (Å²) in [5.41, 5.74) is 0.355. The van der Waals surface area contributed by atoms with Crippen molar-refractivity contribution in [2.24, 2.45) is 5.41 Å². The second kappa shape index (κ2) is 5.53. The van der Waals surface area contributed by atoms with E-state index in [2.05, 4.69) is 26.1 Å². The van der Waals surface area contributed by atoms with Crippen LogP contribution in [-0.4, -0.2) is 11.9 Å². The van der Waals surface area contributed by atoms with Gasteiger partial charge in [0.15, 0.2) is 0 Å². The predicted octanol–water partition coefficient (Wildman–Crippen LogP) is 3.26. The van der Waals surface area contributed by atoms with E-state index >= 15 is 0 Å². The summed E-state index contributed by atoms with van der Waals surface area (Å²) in [6, 6.07) is 0.479. The van der Waals surface area contributed by atoms with Crippen LogP contribution in [0.5, 0.6) is 0 Å². The Bertz CT molecular complexity index is 199. The second-order valence-corrected chi connectivity index (χ2v) is 5.96. The van der Waals surface area contributed by atoms with Gasteiger partial charge < -0.3 is 5.32 Å². The van der Waals surface area contributed by atoms with Crippen molar-refractivity contribution in [1.29, 1.82) is 0 Å². The summed E-state index contributed by atoms with van der Waals surface area (Å²) in [5.74, 6) is 0.256. The number of hydrogen-bond acceptors (Lipinski definition) is 1. The van der Waals surface area contributed by atoms with Gasteiger partial charge >= 0.3 is 0 Å². The van der Waals surface area contributed by atoms with Crippen LogP contribution in [-0.2, 0) is 4.79 Å². The maximum atomic E-state index is 11.6. The SMILES string of the molecule is CC(C)(C)CCCC(=O)NC1CCCC1. The zero-order valence-corrected chi connectivity index (χ0v) is 10.4. The van der Waals surface area contributed by atoms with E-state index < -0.39 is 0 Å². The molecule has 2 nitrogen and oxygen atoms in total. The first kappa shape index (κ1) is 12.5. The number of hydrogen-bond donors (Lipinski definition) is 1. The molecule has 1 rings (SSSR count). The van der Waals surface area contributed by atoms with E-state index in [-0.39, 0.29) is 5.91 Å². The van der Waals surface area contributed by atoms with Gasteiger partial charge in [-0.15, -0.1) is 0 Å². The van der Waals surface area contributed by atoms with Crippen LogP contribution in [0.4, 0.5) is 0 Å². The van der Waals surface area contributed by atoms with E-state index in [1.165, 1.54) is 25.7 Å². The van der Waals surface area contributed by atoms with Gasteiger partial charge in [-0.05, 0) is 31.1 Å². The lowest BCUT2D eigenvalue weighted by atomic mass is 9.90. The first-order valence-corrected chi connectivity index (χ1v) is 6.27. The first-order valence-electron chi connectivity index (χ1n) is 6.27. The van der Waals surface area contributed by atoms with Gasteiger partial charge in [0.2, 0.25) is 5.91 Å². The standard InChI is InChI=1S/C13H25NO/c1-13(2,3)10-6-9-12(15)14-11-7-4-5-8-11/h11H,4-10H2,1-3H3,(H,14,15). The first-order chi connectivity index (χ1) is 6.97. The van der Waals surface area contributed by atoms with Gasteiger partial charge in [0.1, 0.15) is 0 Å². The minimum Gasteiger partial charge on any atom is -0.353 e. The third-order valence-corrected chi connectivity index (χ3v) is 3.05. The molecule has 88 valence electrons. The van der Waals surface area contributed by atoms with Gasteiger partial charge in [0.25, 0.3) is 0 Å². The maximum Gasteiger partial charge on any atom is 0.220 e. The number of carbonyl (C=O) groups is 1. The number of carbonyl (C=O) groups excluding carboxylic acids is 1. The second-order valence-electron chi connectivity index (χ2n) is 5.96. The summed E-state index contributed by atoms with van der Waals surface area (Å²) < 4.78 is 0. The molecular formula is C13H25NO. The zero-order valence-electron chi connectivity index (χ0n) is 10.4. The van der Waals surface area contributed by atoms with Gasteiger partial charge in [-0.3, -0.25) is 4.79 Å². The summed E-state index contributed by atoms with van der Waals surface area (Å²) in [6.45, 7) is 6.67. The Kier molecular flexibility index (Phi) is 4.62. The van der Waals surface area contributed by atoms with Gasteiger partial charge in [-0.1, -0.05) is 33.6 Å². The lowest BCUT2D eigenvalue weighted by molar-refractivity contribution is -0.121. The topological polar surface area (TPSA) is 29.1 Å². The van der Waals surface area contributed by atoms with Crippen LogP contribution in [0.3, 0.4) is 0 Å². The molecule has 0 aromatic carbocycles. The molecule has 1 N–H and O–H groups in total. The van der Waals surface area contributed by atoms with Crippen LogP contribution < -0.4 is 5.32 Å². The van der Waals surface area contributed by atoms with Gasteiger partial charge in [0, 0.05) is 12.5 Å². The Labute approximate surface area is 93.8 Å². The van der Waals surface area contributed by atoms with Crippen molar-refractivity contribution in [2.75, 3.05) is 0 Å². The van der Waals surface area contributed by atoms with Gasteiger partial charge in [-0.25, -0.2) is 0 Å². The molecule has 0 spiro atoms. The Hall–Kier alpha value is -0.530. The molecule has 0 radical (unpaired) electrons. The van der Waals surface area contributed by atoms with E-state index in [0.717, 1.165) is 12.8 Å². The molecule has 0 bridgehead atoms. The molecule has 0 saturated heterocycles. The molecule has 0 aromatic heterocycles. The fourth-order valence-corrected chi connectivity index (χ4v) is 2.15. The normalized spacial score (nSPS) is 18.1. The largest absolute Gasteiger partial charge is 0.353 e. The number of rotatable bonds is 4. The van der Waals surface area contributed by atoms with Crippen molar-refractivity contribution in [3.63, 3.8) is 0 Å². The highest BCUT2D eigenvalue weighted by Gasteiger charge is 2.17. The summed E-state index contributed by atoms with van der Waals surface area (Å²) in [4.78, 5) is 11.6. The van der Waals surface area contributed by atoms with Crippen LogP contribution in [0.2, 0.25) is 0 Å². The minimum atomic E-state index is 0.256. The quantitative estimate of drug-likeness (QED) is 0.759. The van der Waals surface area contributed by atoms with Crippen molar-refractivity contribution in [3.8, 4) is 0 Å². The number of amides is 1. The molecular weight excluding hydrogens is 186 g/mol. The molecule has 0 atom stereocenters. The molecule has 0 aliphatic heterocycles. The van der Waals surface area contributed by atoms with E-state index in [1.807, 2.05) is 0 Å². The Balaban J connectivity index is 2.08. The van der Waals surface area contributed by atoms with Crippen LogP contribution in [0.1, 0.15) is 65.7 Å². The van der Waals surface area contributed by atoms with Crippen molar-refractivity contribution < 1.29 is 4.79 Å². The molecule has 2 heteroatoms. The molecule has 1 amide bonds. The molecule has 0 heterocycles. The summed E-state index contributed by atoms with van der Waals surface area (Å²) in [7, 11) is 0. The molecule has 1 fully saturated rings. The average Bonchev–Trinajstić information content (AvgIpc) is 2.54. The highest BCUT2D eigenvalue weighted by molar-refractivity contribution is 5.76. The summed E-state index contributed by atoms with van der Waals surface area (Å²) in [6.07, 6.45) is 7.79. The van der Waals surface area contributed by atoms with Crippen molar-refractivity contribution >= 4 is 5.91 Å². The maximum absolute atomic E-state index is 11.6. The lowest BCUT2D eigenvalue weighted by Crippen LogP contribution is -2.32. The van der Waals surface area contributed by atoms with E-state index in [4.69, 9.17) is 0 Å². The smallest absolute Gasteiger partial charge is 0.220 e. The molecule has 0 aromatic rings. The third-order valence-electron chi connectivity index (χ3n) is 3.05. The van der Waals surface area contributed by atoms with Gasteiger partial charge in [0.05, 0.1) is 0 Å². The van der Waals surface area contributed by atoms with Crippen LogP contribution >= 0.6 is 0 Å². The van der Waals surface area contributed by atoms with Crippen molar-refractivity contribution in [1.82, 2.24) is 5.32 Å². The molecule has 1 saturated carbocycles. The highest BCUT2D eigenvalue weighted by Crippen LogP contribution is 2.22. The highest BCUT2D eigenvalue weighted by atomic mass is 16.1. The minimum absolute atomic E-state index is 0.256. The summed E-state index contributed by atoms with van der Waals surface area (Å²) >= 11 is 0. The van der Waals surface area contributed by atoms with Crippen molar-refractivity contribution in [3.05, 3.63) is 0 Å². The Morgan fingerprint density at radius 3 is 2.40 bits per heavy atom.